The molecule has 3 fully saturated rings. The van der Waals surface area contributed by atoms with Gasteiger partial charge in [-0.25, -0.2) is 4.79 Å². The number of aliphatic hydroxyl groups excluding tert-OH is 1. The molecule has 3 aliphatic heterocycles. The van der Waals surface area contributed by atoms with Crippen molar-refractivity contribution >= 4 is 41.2 Å². The lowest BCUT2D eigenvalue weighted by atomic mass is 9.78. The normalized spacial score (nSPS) is 37.8. The van der Waals surface area contributed by atoms with Crippen LogP contribution in [-0.4, -0.2) is 132 Å². The maximum Gasteiger partial charge on any atom is 0.329 e. The molecule has 0 aromatic carbocycles. The number of nitrogens with zero attached hydrogens (tertiary/aromatic N) is 1. The Hall–Kier alpha value is -4.35. The quantitative estimate of drug-likeness (QED) is 0.109. The van der Waals surface area contributed by atoms with Gasteiger partial charge in [0.05, 0.1) is 30.8 Å². The summed E-state index contributed by atoms with van der Waals surface area (Å²) in [5, 5.41) is 22.6. The SMILES string of the molecule is CO[C@H]1C[C@@H]2CC[C@@H](C)[C@@](O)(O2)C(=O)C(=O)N2CCCC[C@H]2C(=O)O[C@H]([C@H](C)C[C@@H]2CC[C@@H](OC(C)=O)[C@H](OC)C2)CC(=O)[C@H](C)/C=C(\C)[C@@H](OC(C)=O)[C@@H](CO)C(=O)[C@H](C)C[C@H](C)/C=C/C=C/C=C/1C. The molecule has 16 heteroatoms. The summed E-state index contributed by atoms with van der Waals surface area (Å²) in [6.07, 6.45) is 11.9. The standard InChI is InChI=1S/C55H83NO15/c1-32-17-13-12-14-18-33(2)47(66-10)29-42-22-20-38(7)55(65,71-42)52(62)53(63)56-24-16-15-19-44(56)54(64)70-48(35(4)27-41-21-23-46(68-39(8)58)49(28-41)67-11)30-45(60)34(3)26-37(6)51(69-40(9)59)43(31-57)50(61)36(5)25-32/h12-14,17-18,26,32,34-36,38,41-44,46-49,51,57,65H,15-16,19-25,27-31H2,1-11H3/b14-12+,17-13+,33-18+,37-26+/t32-,34-,35-,36-,38-,41+,42+,43+,44+,46-,47+,48+,49-,51-,55-/m1/s1. The Morgan fingerprint density at radius 3 is 2.20 bits per heavy atom. The minimum absolute atomic E-state index is 0.0474. The average Bonchev–Trinajstić information content (AvgIpc) is 3.32. The van der Waals surface area contributed by atoms with E-state index in [4.69, 9.17) is 28.4 Å². The molecule has 1 amide bonds. The molecule has 0 unspecified atom stereocenters. The van der Waals surface area contributed by atoms with Crippen LogP contribution in [-0.2, 0) is 62.0 Å². The van der Waals surface area contributed by atoms with Crippen LogP contribution in [0.1, 0.15) is 139 Å². The second kappa shape index (κ2) is 27.6. The summed E-state index contributed by atoms with van der Waals surface area (Å²) >= 11 is 0. The average molecular weight is 998 g/mol. The molecule has 4 aliphatic rings. The molecule has 1 aliphatic carbocycles. The van der Waals surface area contributed by atoms with Gasteiger partial charge in [-0.15, -0.1) is 0 Å². The monoisotopic (exact) mass is 998 g/mol. The second-order valence-corrected chi connectivity index (χ2v) is 20.9. The summed E-state index contributed by atoms with van der Waals surface area (Å²) in [6, 6.07) is -1.19. The van der Waals surface area contributed by atoms with Crippen LogP contribution < -0.4 is 0 Å². The Labute approximate surface area is 421 Å². The molecule has 0 aromatic heterocycles. The van der Waals surface area contributed by atoms with E-state index in [0.29, 0.717) is 69.8 Å². The summed E-state index contributed by atoms with van der Waals surface area (Å²) < 4.78 is 35.3. The van der Waals surface area contributed by atoms with Crippen LogP contribution in [0.25, 0.3) is 0 Å². The van der Waals surface area contributed by atoms with Gasteiger partial charge in [0.15, 0.2) is 0 Å². The van der Waals surface area contributed by atoms with Crippen LogP contribution in [0.2, 0.25) is 0 Å². The highest BCUT2D eigenvalue weighted by Gasteiger charge is 2.53. The number of fused-ring (bicyclic) bond motifs is 3. The smallest absolute Gasteiger partial charge is 0.329 e. The number of cyclic esters (lactones) is 1. The number of hydrogen-bond donors (Lipinski definition) is 2. The highest BCUT2D eigenvalue weighted by atomic mass is 16.6. The van der Waals surface area contributed by atoms with Crippen LogP contribution in [0.3, 0.4) is 0 Å². The van der Waals surface area contributed by atoms with Gasteiger partial charge in [0, 0.05) is 65.2 Å². The summed E-state index contributed by atoms with van der Waals surface area (Å²) in [5.74, 6) is -10.8. The number of methoxy groups -OCH3 is 2. The molecule has 71 heavy (non-hydrogen) atoms. The van der Waals surface area contributed by atoms with Crippen molar-refractivity contribution in [3.8, 4) is 0 Å². The number of Topliss-reactive ketones (excluding diaryl/α,β-unsaturated/α-hetero) is 3. The first-order valence-electron chi connectivity index (χ1n) is 25.8. The molecule has 2 N–H and O–H groups in total. The molecular weight excluding hydrogens is 915 g/mol. The number of ether oxygens (including phenoxy) is 6. The molecule has 2 bridgehead atoms. The summed E-state index contributed by atoms with van der Waals surface area (Å²) in [7, 11) is 3.12. The predicted molar refractivity (Wildman–Crippen MR) is 264 cm³/mol. The topological polar surface area (TPSA) is 219 Å². The van der Waals surface area contributed by atoms with Gasteiger partial charge in [-0.2, -0.15) is 0 Å². The first kappa shape index (κ1) is 59.2. The second-order valence-electron chi connectivity index (χ2n) is 20.9. The zero-order valence-corrected chi connectivity index (χ0v) is 44.1. The van der Waals surface area contributed by atoms with Crippen molar-refractivity contribution in [2.75, 3.05) is 27.4 Å². The van der Waals surface area contributed by atoms with E-state index in [1.807, 2.05) is 51.2 Å². The molecule has 398 valence electrons. The van der Waals surface area contributed by atoms with Crippen LogP contribution in [0.4, 0.5) is 0 Å². The Morgan fingerprint density at radius 2 is 1.55 bits per heavy atom. The Kier molecular flexibility index (Phi) is 23.0. The molecule has 2 saturated heterocycles. The summed E-state index contributed by atoms with van der Waals surface area (Å²) in [4.78, 5) is 97.1. The zero-order valence-electron chi connectivity index (χ0n) is 44.1. The molecule has 0 spiro atoms. The lowest BCUT2D eigenvalue weighted by molar-refractivity contribution is -0.265. The maximum absolute atomic E-state index is 14.5. The van der Waals surface area contributed by atoms with Gasteiger partial charge in [0.2, 0.25) is 5.79 Å². The molecule has 3 heterocycles. The number of carbonyl (C=O) groups is 7. The van der Waals surface area contributed by atoms with E-state index in [0.717, 1.165) is 5.57 Å². The van der Waals surface area contributed by atoms with E-state index < -0.39 is 108 Å². The van der Waals surface area contributed by atoms with E-state index in [9.17, 15) is 43.8 Å². The van der Waals surface area contributed by atoms with E-state index in [2.05, 4.69) is 0 Å². The number of hydrogen-bond acceptors (Lipinski definition) is 15. The maximum atomic E-state index is 14.5. The first-order valence-corrected chi connectivity index (χ1v) is 25.8. The van der Waals surface area contributed by atoms with Crippen LogP contribution in [0, 0.1) is 41.4 Å². The molecule has 1 saturated carbocycles. The number of carbonyl (C=O) groups excluding carboxylic acids is 7. The molecule has 15 atom stereocenters. The fourth-order valence-electron chi connectivity index (χ4n) is 10.9. The first-order chi connectivity index (χ1) is 33.5. The zero-order chi connectivity index (χ0) is 52.7. The number of rotatable bonds is 8. The van der Waals surface area contributed by atoms with E-state index in [1.165, 1.54) is 18.7 Å². The number of esters is 3. The van der Waals surface area contributed by atoms with Gasteiger partial charge in [0.1, 0.15) is 35.9 Å². The van der Waals surface area contributed by atoms with Crippen LogP contribution >= 0.6 is 0 Å². The fraction of sp³-hybridized carbons (Fsp3) is 0.727. The third kappa shape index (κ3) is 16.3. The Balaban J connectivity index is 1.75. The minimum Gasteiger partial charge on any atom is -0.460 e. The summed E-state index contributed by atoms with van der Waals surface area (Å²) in [5.41, 5.74) is 1.25. The van der Waals surface area contributed by atoms with Gasteiger partial charge < -0.3 is 43.5 Å². The van der Waals surface area contributed by atoms with Gasteiger partial charge in [-0.05, 0) is 107 Å². The highest BCUT2D eigenvalue weighted by Crippen LogP contribution is 2.38. The molecule has 0 aromatic rings. The van der Waals surface area contributed by atoms with Crippen molar-refractivity contribution in [1.82, 2.24) is 4.90 Å². The highest BCUT2D eigenvalue weighted by molar-refractivity contribution is 6.39. The number of amides is 1. The van der Waals surface area contributed by atoms with Crippen molar-refractivity contribution in [3.63, 3.8) is 0 Å². The number of piperidine rings is 1. The van der Waals surface area contributed by atoms with Crippen LogP contribution in [0.5, 0.6) is 0 Å². The largest absolute Gasteiger partial charge is 0.460 e. The van der Waals surface area contributed by atoms with Gasteiger partial charge in [0.25, 0.3) is 11.7 Å². The van der Waals surface area contributed by atoms with Crippen molar-refractivity contribution in [3.05, 3.63) is 47.6 Å². The van der Waals surface area contributed by atoms with Gasteiger partial charge >= 0.3 is 17.9 Å². The van der Waals surface area contributed by atoms with Crippen molar-refractivity contribution < 1.29 is 72.2 Å². The number of aliphatic hydroxyl groups is 2. The Bertz CT molecular complexity index is 1990. The fourth-order valence-corrected chi connectivity index (χ4v) is 10.9. The minimum atomic E-state index is -2.46. The van der Waals surface area contributed by atoms with E-state index in [1.54, 1.807) is 48.0 Å². The Morgan fingerprint density at radius 1 is 0.845 bits per heavy atom. The van der Waals surface area contributed by atoms with Crippen molar-refractivity contribution in [2.45, 2.75) is 188 Å². The van der Waals surface area contributed by atoms with Crippen molar-refractivity contribution in [2.24, 2.45) is 41.4 Å². The van der Waals surface area contributed by atoms with Crippen molar-refractivity contribution in [1.29, 1.82) is 0 Å². The molecule has 0 radical (unpaired) electrons. The number of ketones is 3. The number of allylic oxidation sites excluding steroid dienone is 6. The van der Waals surface area contributed by atoms with Crippen LogP contribution in [0.15, 0.2) is 47.6 Å². The lowest BCUT2D eigenvalue weighted by Gasteiger charge is -2.42. The molecular formula is C55H83NO15. The van der Waals surface area contributed by atoms with Gasteiger partial charge in [-0.1, -0.05) is 71.1 Å². The third-order valence-electron chi connectivity index (χ3n) is 15.2. The van der Waals surface area contributed by atoms with E-state index in [-0.39, 0.29) is 48.9 Å². The predicted octanol–water partition coefficient (Wildman–Crippen LogP) is 6.92. The molecule has 4 rings (SSSR count). The van der Waals surface area contributed by atoms with E-state index >= 15 is 0 Å². The summed E-state index contributed by atoms with van der Waals surface area (Å²) in [6.45, 7) is 14.5. The molecule has 16 nitrogen and oxygen atoms in total. The third-order valence-corrected chi connectivity index (χ3v) is 15.2. The lowest BCUT2D eigenvalue weighted by Crippen LogP contribution is -2.61. The van der Waals surface area contributed by atoms with Gasteiger partial charge in [-0.3, -0.25) is 28.8 Å².